The molecule has 0 aliphatic carbocycles. The second-order valence-electron chi connectivity index (χ2n) is 5.48. The van der Waals surface area contributed by atoms with Crippen LogP contribution in [0.3, 0.4) is 0 Å². The SMILES string of the molecule is CC(NC(=O)CCCC(=O)c1ccc(F)cc1)c1ccccc1. The van der Waals surface area contributed by atoms with E-state index in [9.17, 15) is 14.0 Å². The van der Waals surface area contributed by atoms with E-state index in [1.54, 1.807) is 0 Å². The van der Waals surface area contributed by atoms with E-state index in [1.165, 1.54) is 24.3 Å². The quantitative estimate of drug-likeness (QED) is 0.784. The van der Waals surface area contributed by atoms with Crippen molar-refractivity contribution >= 4 is 11.7 Å². The third kappa shape index (κ3) is 5.33. The predicted octanol–water partition coefficient (Wildman–Crippen LogP) is 4.06. The number of amides is 1. The van der Waals surface area contributed by atoms with E-state index < -0.39 is 0 Å². The average Bonchev–Trinajstić information content (AvgIpc) is 2.56. The molecule has 0 heterocycles. The summed E-state index contributed by atoms with van der Waals surface area (Å²) in [6.45, 7) is 1.93. The zero-order chi connectivity index (χ0) is 16.7. The third-order valence-electron chi connectivity index (χ3n) is 3.65. The maximum Gasteiger partial charge on any atom is 0.220 e. The van der Waals surface area contributed by atoms with Crippen LogP contribution in [-0.2, 0) is 4.79 Å². The average molecular weight is 313 g/mol. The van der Waals surface area contributed by atoms with Gasteiger partial charge in [0, 0.05) is 18.4 Å². The molecule has 3 nitrogen and oxygen atoms in total. The molecule has 1 unspecified atom stereocenters. The molecule has 23 heavy (non-hydrogen) atoms. The highest BCUT2D eigenvalue weighted by Crippen LogP contribution is 2.12. The fourth-order valence-corrected chi connectivity index (χ4v) is 2.33. The standard InChI is InChI=1S/C19H20FNO2/c1-14(15-6-3-2-4-7-15)21-19(23)9-5-8-18(22)16-10-12-17(20)13-11-16/h2-4,6-7,10-14H,5,8-9H2,1H3,(H,21,23). The topological polar surface area (TPSA) is 46.2 Å². The first-order valence-corrected chi connectivity index (χ1v) is 7.69. The van der Waals surface area contributed by atoms with Crippen molar-refractivity contribution in [3.05, 3.63) is 71.5 Å². The molecule has 120 valence electrons. The summed E-state index contributed by atoms with van der Waals surface area (Å²) >= 11 is 0. The van der Waals surface area contributed by atoms with Crippen LogP contribution >= 0.6 is 0 Å². The summed E-state index contributed by atoms with van der Waals surface area (Å²) < 4.78 is 12.8. The number of benzene rings is 2. The first-order chi connectivity index (χ1) is 11.1. The van der Waals surface area contributed by atoms with E-state index >= 15 is 0 Å². The number of ketones is 1. The largest absolute Gasteiger partial charge is 0.350 e. The molecule has 0 fully saturated rings. The number of carbonyl (C=O) groups excluding carboxylic acids is 2. The maximum absolute atomic E-state index is 12.8. The number of hydrogen-bond acceptors (Lipinski definition) is 2. The Morgan fingerprint density at radius 3 is 2.30 bits per heavy atom. The molecule has 0 aromatic heterocycles. The molecule has 0 spiro atoms. The first kappa shape index (κ1) is 16.9. The first-order valence-electron chi connectivity index (χ1n) is 7.69. The molecule has 2 aromatic carbocycles. The van der Waals surface area contributed by atoms with Crippen molar-refractivity contribution in [2.75, 3.05) is 0 Å². The Morgan fingerprint density at radius 2 is 1.65 bits per heavy atom. The Kier molecular flexibility index (Phi) is 6.03. The van der Waals surface area contributed by atoms with Gasteiger partial charge in [-0.15, -0.1) is 0 Å². The van der Waals surface area contributed by atoms with Gasteiger partial charge in [0.1, 0.15) is 5.82 Å². The molecule has 0 aliphatic heterocycles. The fraction of sp³-hybridized carbons (Fsp3) is 0.263. The summed E-state index contributed by atoms with van der Waals surface area (Å²) in [7, 11) is 0. The molecule has 0 aliphatic rings. The minimum Gasteiger partial charge on any atom is -0.350 e. The Balaban J connectivity index is 1.74. The number of carbonyl (C=O) groups is 2. The fourth-order valence-electron chi connectivity index (χ4n) is 2.33. The minimum atomic E-state index is -0.365. The normalized spacial score (nSPS) is 11.7. The highest BCUT2D eigenvalue weighted by Gasteiger charge is 2.11. The Labute approximate surface area is 135 Å². The highest BCUT2D eigenvalue weighted by atomic mass is 19.1. The number of hydrogen-bond donors (Lipinski definition) is 1. The van der Waals surface area contributed by atoms with Gasteiger partial charge in [-0.1, -0.05) is 30.3 Å². The Bertz CT molecular complexity index is 653. The molecule has 1 atom stereocenters. The van der Waals surface area contributed by atoms with E-state index in [2.05, 4.69) is 5.32 Å². The van der Waals surface area contributed by atoms with Crippen molar-refractivity contribution in [1.82, 2.24) is 5.32 Å². The molecule has 1 N–H and O–H groups in total. The lowest BCUT2D eigenvalue weighted by Gasteiger charge is -2.14. The summed E-state index contributed by atoms with van der Waals surface area (Å²) in [5.74, 6) is -0.516. The maximum atomic E-state index is 12.8. The molecule has 0 bridgehead atoms. The minimum absolute atomic E-state index is 0.0588. The molecular formula is C19H20FNO2. The van der Waals surface area contributed by atoms with Crippen molar-refractivity contribution in [3.63, 3.8) is 0 Å². The highest BCUT2D eigenvalue weighted by molar-refractivity contribution is 5.96. The Morgan fingerprint density at radius 1 is 1.00 bits per heavy atom. The van der Waals surface area contributed by atoms with E-state index in [0.717, 1.165) is 5.56 Å². The Hall–Kier alpha value is -2.49. The van der Waals surface area contributed by atoms with Gasteiger partial charge in [0.25, 0.3) is 0 Å². The van der Waals surface area contributed by atoms with Crippen molar-refractivity contribution in [2.24, 2.45) is 0 Å². The van der Waals surface area contributed by atoms with Gasteiger partial charge in [-0.2, -0.15) is 0 Å². The van der Waals surface area contributed by atoms with Crippen LogP contribution in [0.25, 0.3) is 0 Å². The molecule has 2 rings (SSSR count). The van der Waals surface area contributed by atoms with Gasteiger partial charge in [-0.3, -0.25) is 9.59 Å². The molecule has 4 heteroatoms. The predicted molar refractivity (Wildman–Crippen MR) is 87.6 cm³/mol. The molecule has 0 radical (unpaired) electrons. The third-order valence-corrected chi connectivity index (χ3v) is 3.65. The van der Waals surface area contributed by atoms with Gasteiger partial charge >= 0.3 is 0 Å². The van der Waals surface area contributed by atoms with Gasteiger partial charge in [-0.25, -0.2) is 4.39 Å². The van der Waals surface area contributed by atoms with Crippen molar-refractivity contribution in [2.45, 2.75) is 32.2 Å². The van der Waals surface area contributed by atoms with Crippen LogP contribution in [-0.4, -0.2) is 11.7 Å². The number of rotatable bonds is 7. The van der Waals surface area contributed by atoms with Gasteiger partial charge < -0.3 is 5.32 Å². The molecule has 0 saturated carbocycles. The lowest BCUT2D eigenvalue weighted by molar-refractivity contribution is -0.121. The van der Waals surface area contributed by atoms with Crippen LogP contribution in [0.1, 0.15) is 48.1 Å². The van der Waals surface area contributed by atoms with E-state index in [0.29, 0.717) is 18.4 Å². The second-order valence-corrected chi connectivity index (χ2v) is 5.48. The van der Waals surface area contributed by atoms with Crippen LogP contribution in [0.5, 0.6) is 0 Å². The van der Waals surface area contributed by atoms with E-state index in [-0.39, 0.29) is 30.0 Å². The van der Waals surface area contributed by atoms with Crippen LogP contribution in [0.15, 0.2) is 54.6 Å². The van der Waals surface area contributed by atoms with Crippen LogP contribution < -0.4 is 5.32 Å². The lowest BCUT2D eigenvalue weighted by Crippen LogP contribution is -2.26. The van der Waals surface area contributed by atoms with Gasteiger partial charge in [0.2, 0.25) is 5.91 Å². The summed E-state index contributed by atoms with van der Waals surface area (Å²) in [4.78, 5) is 23.8. The molecular weight excluding hydrogens is 293 g/mol. The second kappa shape index (κ2) is 8.22. The van der Waals surface area contributed by atoms with Crippen LogP contribution in [0, 0.1) is 5.82 Å². The van der Waals surface area contributed by atoms with Crippen molar-refractivity contribution in [3.8, 4) is 0 Å². The number of nitrogens with one attached hydrogen (secondary N) is 1. The monoisotopic (exact) mass is 313 g/mol. The van der Waals surface area contributed by atoms with Crippen LogP contribution in [0.2, 0.25) is 0 Å². The summed E-state index contributed by atoms with van der Waals surface area (Å²) in [5.41, 5.74) is 1.52. The zero-order valence-electron chi connectivity index (χ0n) is 13.1. The van der Waals surface area contributed by atoms with E-state index in [1.807, 2.05) is 37.3 Å². The summed E-state index contributed by atoms with van der Waals surface area (Å²) in [5, 5.41) is 2.92. The van der Waals surface area contributed by atoms with Crippen molar-refractivity contribution in [1.29, 1.82) is 0 Å². The van der Waals surface area contributed by atoms with Crippen molar-refractivity contribution < 1.29 is 14.0 Å². The zero-order valence-corrected chi connectivity index (χ0v) is 13.1. The number of Topliss-reactive ketones (excluding diaryl/α,β-unsaturated/α-hetero) is 1. The molecule has 1 amide bonds. The molecule has 0 saturated heterocycles. The summed E-state index contributed by atoms with van der Waals surface area (Å²) in [6.07, 6.45) is 1.05. The smallest absolute Gasteiger partial charge is 0.220 e. The van der Waals surface area contributed by atoms with Gasteiger partial charge in [0.15, 0.2) is 5.78 Å². The van der Waals surface area contributed by atoms with Gasteiger partial charge in [-0.05, 0) is 43.2 Å². The van der Waals surface area contributed by atoms with Gasteiger partial charge in [0.05, 0.1) is 6.04 Å². The molecule has 2 aromatic rings. The van der Waals surface area contributed by atoms with Crippen LogP contribution in [0.4, 0.5) is 4.39 Å². The summed E-state index contributed by atoms with van der Waals surface area (Å²) in [6, 6.07) is 15.1. The van der Waals surface area contributed by atoms with E-state index in [4.69, 9.17) is 0 Å². The lowest BCUT2D eigenvalue weighted by atomic mass is 10.0. The number of halogens is 1.